The zero-order valence-corrected chi connectivity index (χ0v) is 10.0. The molecular weight excluding hydrogens is 200 g/mol. The molecule has 4 rings (SSSR count). The van der Waals surface area contributed by atoms with E-state index in [1.54, 1.807) is 12.2 Å². The van der Waals surface area contributed by atoms with Crippen LogP contribution in [0.3, 0.4) is 0 Å². The van der Waals surface area contributed by atoms with Crippen molar-refractivity contribution in [2.45, 2.75) is 32.8 Å². The number of carbonyl (C=O) groups excluding carboxylic acids is 1. The van der Waals surface area contributed by atoms with E-state index in [1.807, 2.05) is 6.92 Å². The molecule has 2 nitrogen and oxygen atoms in total. The van der Waals surface area contributed by atoms with Crippen LogP contribution < -0.4 is 0 Å². The molecule has 0 amide bonds. The van der Waals surface area contributed by atoms with Crippen LogP contribution in [0.5, 0.6) is 0 Å². The second-order valence-corrected chi connectivity index (χ2v) is 6.26. The van der Waals surface area contributed by atoms with Gasteiger partial charge in [-0.1, -0.05) is 32.9 Å². The lowest BCUT2D eigenvalue weighted by Gasteiger charge is -2.65. The molecule has 4 aliphatic rings. The van der Waals surface area contributed by atoms with Crippen molar-refractivity contribution in [1.82, 2.24) is 0 Å². The van der Waals surface area contributed by atoms with Gasteiger partial charge in [0.15, 0.2) is 5.78 Å². The van der Waals surface area contributed by atoms with Crippen LogP contribution in [-0.2, 0) is 4.79 Å². The average Bonchev–Trinajstić information content (AvgIpc) is 2.22. The van der Waals surface area contributed by atoms with E-state index in [0.29, 0.717) is 5.92 Å². The second kappa shape index (κ2) is 2.51. The minimum atomic E-state index is -0.879. The number of carbonyl (C=O) groups is 1. The first-order valence-electron chi connectivity index (χ1n) is 5.98. The zero-order chi connectivity index (χ0) is 11.8. The molecule has 4 unspecified atom stereocenters. The van der Waals surface area contributed by atoms with Crippen molar-refractivity contribution >= 4 is 5.78 Å². The topological polar surface area (TPSA) is 37.3 Å². The molecule has 4 bridgehead atoms. The van der Waals surface area contributed by atoms with Gasteiger partial charge in [0, 0.05) is 16.7 Å². The Morgan fingerprint density at radius 3 is 2.69 bits per heavy atom. The molecule has 86 valence electrons. The third kappa shape index (κ3) is 0.797. The van der Waals surface area contributed by atoms with Crippen molar-refractivity contribution in [2.75, 3.05) is 0 Å². The quantitative estimate of drug-likeness (QED) is 0.632. The summed E-state index contributed by atoms with van der Waals surface area (Å²) in [5, 5.41) is 11.0. The molecule has 1 fully saturated rings. The first kappa shape index (κ1) is 10.3. The van der Waals surface area contributed by atoms with E-state index in [0.717, 1.165) is 6.42 Å². The van der Waals surface area contributed by atoms with Crippen LogP contribution in [0.2, 0.25) is 0 Å². The maximum Gasteiger partial charge on any atom is 0.159 e. The van der Waals surface area contributed by atoms with Gasteiger partial charge in [-0.25, -0.2) is 0 Å². The van der Waals surface area contributed by atoms with Gasteiger partial charge in [-0.3, -0.25) is 4.79 Å². The lowest BCUT2D eigenvalue weighted by molar-refractivity contribution is -0.188. The number of hydrogen-bond donors (Lipinski definition) is 1. The minimum absolute atomic E-state index is 0.0366. The Balaban J connectivity index is 2.31. The Bertz CT molecular complexity index is 432. The molecule has 4 aliphatic carbocycles. The molecular formula is C14H18O2. The van der Waals surface area contributed by atoms with Crippen molar-refractivity contribution in [3.63, 3.8) is 0 Å². The number of rotatable bonds is 0. The van der Waals surface area contributed by atoms with E-state index in [2.05, 4.69) is 26.0 Å². The van der Waals surface area contributed by atoms with Gasteiger partial charge >= 0.3 is 0 Å². The molecule has 0 spiro atoms. The molecule has 0 radical (unpaired) electrons. The molecule has 0 aromatic carbocycles. The van der Waals surface area contributed by atoms with Crippen LogP contribution in [0.4, 0.5) is 0 Å². The summed E-state index contributed by atoms with van der Waals surface area (Å²) in [6.07, 6.45) is 8.46. The number of ketones is 1. The second-order valence-electron chi connectivity index (χ2n) is 6.26. The van der Waals surface area contributed by atoms with Crippen LogP contribution >= 0.6 is 0 Å². The summed E-state index contributed by atoms with van der Waals surface area (Å²) in [5.41, 5.74) is -1.49. The van der Waals surface area contributed by atoms with Crippen molar-refractivity contribution in [3.8, 4) is 0 Å². The minimum Gasteiger partial charge on any atom is -0.384 e. The summed E-state index contributed by atoms with van der Waals surface area (Å²) in [6.45, 7) is 6.23. The fourth-order valence-corrected chi connectivity index (χ4v) is 4.04. The van der Waals surface area contributed by atoms with Crippen LogP contribution in [0.1, 0.15) is 27.2 Å². The maximum atomic E-state index is 11.9. The number of aliphatic hydroxyl groups is 1. The van der Waals surface area contributed by atoms with Crippen molar-refractivity contribution < 1.29 is 9.90 Å². The van der Waals surface area contributed by atoms with Gasteiger partial charge in [-0.2, -0.15) is 0 Å². The maximum absolute atomic E-state index is 11.9. The molecule has 4 atom stereocenters. The summed E-state index contributed by atoms with van der Waals surface area (Å²) in [5.74, 6) is 0.445. The SMILES string of the molecule is CC1(C)C2C=CC3(C)C(C2)C(=O)C=CC13O. The molecule has 0 aromatic rings. The Morgan fingerprint density at radius 2 is 2.00 bits per heavy atom. The number of hydrogen-bond acceptors (Lipinski definition) is 2. The van der Waals surface area contributed by atoms with Crippen molar-refractivity contribution in [2.24, 2.45) is 22.7 Å². The third-order valence-electron chi connectivity index (χ3n) is 5.45. The Labute approximate surface area is 96.0 Å². The van der Waals surface area contributed by atoms with E-state index in [9.17, 15) is 9.90 Å². The largest absolute Gasteiger partial charge is 0.384 e. The van der Waals surface area contributed by atoms with E-state index in [4.69, 9.17) is 0 Å². The lowest BCUT2D eigenvalue weighted by atomic mass is 9.41. The van der Waals surface area contributed by atoms with Gasteiger partial charge in [0.25, 0.3) is 0 Å². The standard InChI is InChI=1S/C14H18O2/c1-12(2)9-4-6-13(3)10(8-9)11(15)5-7-14(12,13)16/h4-7,9-10,16H,8H2,1-3H3. The smallest absolute Gasteiger partial charge is 0.159 e. The van der Waals surface area contributed by atoms with Crippen LogP contribution in [0, 0.1) is 22.7 Å². The van der Waals surface area contributed by atoms with E-state index in [1.165, 1.54) is 0 Å². The molecule has 2 heteroatoms. The van der Waals surface area contributed by atoms with Crippen molar-refractivity contribution in [1.29, 1.82) is 0 Å². The summed E-state index contributed by atoms with van der Waals surface area (Å²) in [6, 6.07) is 0. The Hall–Kier alpha value is -0.890. The first-order valence-corrected chi connectivity index (χ1v) is 5.98. The number of allylic oxidation sites excluding steroid dienone is 2. The highest BCUT2D eigenvalue weighted by Crippen LogP contribution is 2.65. The van der Waals surface area contributed by atoms with E-state index >= 15 is 0 Å². The first-order chi connectivity index (χ1) is 7.33. The molecule has 0 aromatic heterocycles. The van der Waals surface area contributed by atoms with Gasteiger partial charge in [0.2, 0.25) is 0 Å². The van der Waals surface area contributed by atoms with Crippen molar-refractivity contribution in [3.05, 3.63) is 24.3 Å². The van der Waals surface area contributed by atoms with E-state index < -0.39 is 11.0 Å². The highest BCUT2D eigenvalue weighted by molar-refractivity contribution is 5.95. The zero-order valence-electron chi connectivity index (χ0n) is 10.0. The summed E-state index contributed by atoms with van der Waals surface area (Å²) in [7, 11) is 0. The van der Waals surface area contributed by atoms with Gasteiger partial charge in [0.05, 0.1) is 5.60 Å². The molecule has 0 aliphatic heterocycles. The monoisotopic (exact) mass is 218 g/mol. The summed E-state index contributed by atoms with van der Waals surface area (Å²) in [4.78, 5) is 11.9. The molecule has 0 saturated heterocycles. The Morgan fingerprint density at radius 1 is 1.31 bits per heavy atom. The van der Waals surface area contributed by atoms with Crippen LogP contribution in [-0.4, -0.2) is 16.5 Å². The Kier molecular flexibility index (Phi) is 1.61. The fraction of sp³-hybridized carbons (Fsp3) is 0.643. The van der Waals surface area contributed by atoms with Gasteiger partial charge < -0.3 is 5.11 Å². The van der Waals surface area contributed by atoms with Crippen LogP contribution in [0.25, 0.3) is 0 Å². The highest BCUT2D eigenvalue weighted by atomic mass is 16.3. The highest BCUT2D eigenvalue weighted by Gasteiger charge is 2.67. The summed E-state index contributed by atoms with van der Waals surface area (Å²) >= 11 is 0. The molecule has 16 heavy (non-hydrogen) atoms. The van der Waals surface area contributed by atoms with Gasteiger partial charge in [-0.05, 0) is 24.5 Å². The lowest BCUT2D eigenvalue weighted by Crippen LogP contribution is -2.68. The van der Waals surface area contributed by atoms with Gasteiger partial charge in [-0.15, -0.1) is 0 Å². The predicted molar refractivity (Wildman–Crippen MR) is 61.7 cm³/mol. The normalized spacial score (nSPS) is 52.1. The third-order valence-corrected chi connectivity index (χ3v) is 5.45. The van der Waals surface area contributed by atoms with Crippen LogP contribution in [0.15, 0.2) is 24.3 Å². The van der Waals surface area contributed by atoms with Gasteiger partial charge in [0.1, 0.15) is 0 Å². The molecule has 0 heterocycles. The van der Waals surface area contributed by atoms with E-state index in [-0.39, 0.29) is 17.1 Å². The fourth-order valence-electron chi connectivity index (χ4n) is 4.04. The summed E-state index contributed by atoms with van der Waals surface area (Å²) < 4.78 is 0. The average molecular weight is 218 g/mol. The molecule has 1 saturated carbocycles. The molecule has 1 N–H and O–H groups in total. The predicted octanol–water partition coefficient (Wildman–Crippen LogP) is 2.09.